The zero-order chi connectivity index (χ0) is 15.6. The predicted molar refractivity (Wildman–Crippen MR) is 72.3 cm³/mol. The van der Waals surface area contributed by atoms with E-state index >= 15 is 0 Å². The fourth-order valence-corrected chi connectivity index (χ4v) is 1.92. The Morgan fingerprint density at radius 2 is 2.14 bits per heavy atom. The minimum absolute atomic E-state index is 0.0227. The first-order chi connectivity index (χ1) is 9.92. The van der Waals surface area contributed by atoms with Gasteiger partial charge in [-0.3, -0.25) is 14.9 Å². The number of rotatable bonds is 3. The predicted octanol–water partition coefficient (Wildman–Crippen LogP) is 2.12. The number of hydrogen-bond acceptors (Lipinski definition) is 4. The molecular formula is C14H10FN3O3. The number of halogens is 1. The highest BCUT2D eigenvalue weighted by molar-refractivity contribution is 5.37. The van der Waals surface area contributed by atoms with Crippen molar-refractivity contribution in [3.8, 4) is 6.07 Å². The second kappa shape index (κ2) is 5.54. The third kappa shape index (κ3) is 2.95. The zero-order valence-corrected chi connectivity index (χ0v) is 11.0. The lowest BCUT2D eigenvalue weighted by molar-refractivity contribution is -0.385. The Hall–Kier alpha value is -3.01. The molecule has 0 amide bonds. The normalized spacial score (nSPS) is 10.1. The first kappa shape index (κ1) is 14.4. The standard InChI is InChI=1S/C14H10FN3O3/c1-9-4-14(19)17(8-13(9)18(20)21)7-10-2-3-12(15)11(5-10)6-16/h2-5,8H,7H2,1H3. The van der Waals surface area contributed by atoms with Gasteiger partial charge in [0.15, 0.2) is 0 Å². The highest BCUT2D eigenvalue weighted by Gasteiger charge is 2.13. The molecule has 0 aliphatic heterocycles. The Morgan fingerprint density at radius 3 is 2.76 bits per heavy atom. The molecule has 0 spiro atoms. The summed E-state index contributed by atoms with van der Waals surface area (Å²) in [5, 5.41) is 19.6. The average molecular weight is 287 g/mol. The maximum absolute atomic E-state index is 13.2. The lowest BCUT2D eigenvalue weighted by Gasteiger charge is -2.07. The minimum atomic E-state index is -0.650. The summed E-state index contributed by atoms with van der Waals surface area (Å²) in [6, 6.07) is 6.74. The van der Waals surface area contributed by atoms with Gasteiger partial charge < -0.3 is 4.57 Å². The number of aryl methyl sites for hydroxylation is 1. The summed E-state index contributed by atoms with van der Waals surface area (Å²) in [6.45, 7) is 1.50. The van der Waals surface area contributed by atoms with Gasteiger partial charge in [0.2, 0.25) is 0 Å². The zero-order valence-electron chi connectivity index (χ0n) is 11.0. The van der Waals surface area contributed by atoms with Crippen LogP contribution in [-0.2, 0) is 6.54 Å². The Morgan fingerprint density at radius 1 is 1.43 bits per heavy atom. The van der Waals surface area contributed by atoms with Crippen molar-refractivity contribution in [1.29, 1.82) is 5.26 Å². The van der Waals surface area contributed by atoms with E-state index in [9.17, 15) is 19.3 Å². The van der Waals surface area contributed by atoms with Crippen molar-refractivity contribution in [2.75, 3.05) is 0 Å². The second-order valence-corrected chi connectivity index (χ2v) is 4.49. The summed E-state index contributed by atoms with van der Waals surface area (Å²) in [5.74, 6) is -0.650. The number of benzene rings is 1. The van der Waals surface area contributed by atoms with Crippen molar-refractivity contribution in [3.63, 3.8) is 0 Å². The van der Waals surface area contributed by atoms with Gasteiger partial charge in [0.05, 0.1) is 23.2 Å². The summed E-state index contributed by atoms with van der Waals surface area (Å²) in [5.41, 5.74) is 0.0755. The molecule has 2 rings (SSSR count). The van der Waals surface area contributed by atoms with Crippen molar-refractivity contribution < 1.29 is 9.31 Å². The first-order valence-electron chi connectivity index (χ1n) is 5.96. The van der Waals surface area contributed by atoms with Crippen LogP contribution in [0.5, 0.6) is 0 Å². The highest BCUT2D eigenvalue weighted by Crippen LogP contribution is 2.16. The molecule has 2 aromatic rings. The lowest BCUT2D eigenvalue weighted by Crippen LogP contribution is -2.20. The van der Waals surface area contributed by atoms with E-state index in [2.05, 4.69) is 0 Å². The molecule has 0 radical (unpaired) electrons. The largest absolute Gasteiger partial charge is 0.304 e. The Bertz CT molecular complexity index is 821. The summed E-state index contributed by atoms with van der Waals surface area (Å²) in [4.78, 5) is 22.1. The monoisotopic (exact) mass is 287 g/mol. The third-order valence-corrected chi connectivity index (χ3v) is 3.01. The molecule has 0 aliphatic carbocycles. The highest BCUT2D eigenvalue weighted by atomic mass is 19.1. The summed E-state index contributed by atoms with van der Waals surface area (Å²) >= 11 is 0. The van der Waals surface area contributed by atoms with Crippen LogP contribution in [0, 0.1) is 34.2 Å². The van der Waals surface area contributed by atoms with E-state index < -0.39 is 16.3 Å². The van der Waals surface area contributed by atoms with Crippen LogP contribution in [0.25, 0.3) is 0 Å². The second-order valence-electron chi connectivity index (χ2n) is 4.49. The van der Waals surface area contributed by atoms with E-state index in [1.807, 2.05) is 0 Å². The van der Waals surface area contributed by atoms with Crippen LogP contribution in [0.15, 0.2) is 35.3 Å². The number of hydrogen-bond donors (Lipinski definition) is 0. The Balaban J connectivity index is 2.45. The van der Waals surface area contributed by atoms with Crippen LogP contribution < -0.4 is 5.56 Å². The molecule has 6 nitrogen and oxygen atoms in total. The number of nitrogens with zero attached hydrogens (tertiary/aromatic N) is 3. The van der Waals surface area contributed by atoms with Crippen LogP contribution in [0.1, 0.15) is 16.7 Å². The Labute approximate surface area is 118 Å². The fourth-order valence-electron chi connectivity index (χ4n) is 1.92. The SMILES string of the molecule is Cc1cc(=O)n(Cc2ccc(F)c(C#N)c2)cc1[N+](=O)[O-]. The molecule has 0 fully saturated rings. The quantitative estimate of drug-likeness (QED) is 0.639. The van der Waals surface area contributed by atoms with E-state index in [4.69, 9.17) is 5.26 Å². The summed E-state index contributed by atoms with van der Waals surface area (Å²) in [7, 11) is 0. The van der Waals surface area contributed by atoms with Crippen molar-refractivity contribution in [3.05, 3.63) is 73.4 Å². The molecule has 0 saturated carbocycles. The molecule has 1 aromatic carbocycles. The number of nitriles is 1. The number of nitro groups is 1. The van der Waals surface area contributed by atoms with Gasteiger partial charge >= 0.3 is 0 Å². The number of aromatic nitrogens is 1. The maximum Gasteiger partial charge on any atom is 0.288 e. The molecule has 0 bridgehead atoms. The summed E-state index contributed by atoms with van der Waals surface area (Å²) in [6.07, 6.45) is 1.15. The lowest BCUT2D eigenvalue weighted by atomic mass is 10.1. The minimum Gasteiger partial charge on any atom is -0.304 e. The van der Waals surface area contributed by atoms with E-state index in [1.54, 1.807) is 6.07 Å². The van der Waals surface area contributed by atoms with E-state index in [-0.39, 0.29) is 23.4 Å². The van der Waals surface area contributed by atoms with Crippen molar-refractivity contribution in [2.45, 2.75) is 13.5 Å². The van der Waals surface area contributed by atoms with Gasteiger partial charge in [-0.25, -0.2) is 4.39 Å². The van der Waals surface area contributed by atoms with Crippen LogP contribution in [0.2, 0.25) is 0 Å². The van der Waals surface area contributed by atoms with Crippen molar-refractivity contribution >= 4 is 5.69 Å². The van der Waals surface area contributed by atoms with Crippen LogP contribution in [0.4, 0.5) is 10.1 Å². The first-order valence-corrected chi connectivity index (χ1v) is 5.96. The van der Waals surface area contributed by atoms with Gasteiger partial charge in [0, 0.05) is 11.6 Å². The molecule has 0 unspecified atom stereocenters. The molecule has 106 valence electrons. The van der Waals surface area contributed by atoms with Gasteiger partial charge in [0.1, 0.15) is 11.9 Å². The topological polar surface area (TPSA) is 88.9 Å². The summed E-state index contributed by atoms with van der Waals surface area (Å²) < 4.78 is 14.4. The molecule has 1 heterocycles. The molecule has 0 saturated heterocycles. The van der Waals surface area contributed by atoms with Crippen LogP contribution in [0.3, 0.4) is 0 Å². The maximum atomic E-state index is 13.2. The van der Waals surface area contributed by atoms with Crippen LogP contribution >= 0.6 is 0 Å². The molecule has 1 aromatic heterocycles. The molecule has 21 heavy (non-hydrogen) atoms. The van der Waals surface area contributed by atoms with Crippen LogP contribution in [-0.4, -0.2) is 9.49 Å². The smallest absolute Gasteiger partial charge is 0.288 e. The number of pyridine rings is 1. The van der Waals surface area contributed by atoms with Crippen molar-refractivity contribution in [1.82, 2.24) is 4.57 Å². The van der Waals surface area contributed by atoms with Gasteiger partial charge in [-0.2, -0.15) is 5.26 Å². The van der Waals surface area contributed by atoms with Gasteiger partial charge in [-0.1, -0.05) is 6.07 Å². The fraction of sp³-hybridized carbons (Fsp3) is 0.143. The van der Waals surface area contributed by atoms with E-state index in [0.717, 1.165) is 16.8 Å². The molecule has 0 N–H and O–H groups in total. The molecule has 7 heteroatoms. The van der Waals surface area contributed by atoms with Crippen molar-refractivity contribution in [2.24, 2.45) is 0 Å². The third-order valence-electron chi connectivity index (χ3n) is 3.01. The average Bonchev–Trinajstić information content (AvgIpc) is 2.43. The molecule has 0 aliphatic rings. The van der Waals surface area contributed by atoms with Gasteiger partial charge in [-0.15, -0.1) is 0 Å². The Kier molecular flexibility index (Phi) is 3.80. The molecule has 0 atom stereocenters. The van der Waals surface area contributed by atoms with E-state index in [1.165, 1.54) is 25.1 Å². The van der Waals surface area contributed by atoms with Gasteiger partial charge in [0.25, 0.3) is 11.2 Å². The molecular weight excluding hydrogens is 277 g/mol. The van der Waals surface area contributed by atoms with Gasteiger partial charge in [-0.05, 0) is 24.6 Å². The van der Waals surface area contributed by atoms with E-state index in [0.29, 0.717) is 5.56 Å².